The van der Waals surface area contributed by atoms with Crippen LogP contribution in [0.4, 0.5) is 0 Å². The van der Waals surface area contributed by atoms with E-state index in [1.165, 1.54) is 0 Å². The number of rotatable bonds is 10. The zero-order chi connectivity index (χ0) is 14.9. The van der Waals surface area contributed by atoms with Gasteiger partial charge in [0.05, 0.1) is 35.9 Å². The molecule has 0 aromatic carbocycles. The molecule has 0 bridgehead atoms. The van der Waals surface area contributed by atoms with Gasteiger partial charge in [-0.15, -0.1) is 0 Å². The molecule has 116 valence electrons. The Morgan fingerprint density at radius 1 is 0.905 bits per heavy atom. The molecule has 5 N–H and O–H groups in total. The minimum absolute atomic E-state index is 0.0451. The first-order valence-electron chi connectivity index (χ1n) is 7.04. The lowest BCUT2D eigenvalue weighted by molar-refractivity contribution is 0.258. The maximum atomic E-state index is 9.04. The molecule has 0 saturated carbocycles. The van der Waals surface area contributed by atoms with Crippen LogP contribution in [0.3, 0.4) is 0 Å². The maximum absolute atomic E-state index is 9.04. The number of aliphatic hydroxyl groups is 2. The third-order valence-electron chi connectivity index (χ3n) is 3.29. The molecule has 2 aromatic heterocycles. The number of hydrogen-bond donors (Lipinski definition) is 5. The highest BCUT2D eigenvalue weighted by atomic mass is 16.3. The molecular weight excluding hydrogens is 274 g/mol. The Bertz CT molecular complexity index is 430. The minimum atomic E-state index is -0.0451. The third kappa shape index (κ3) is 4.59. The van der Waals surface area contributed by atoms with E-state index < -0.39 is 0 Å². The number of nitrogens with zero attached hydrogens (tertiary/aromatic N) is 4. The highest BCUT2D eigenvalue weighted by Gasteiger charge is 2.21. The number of H-pyrrole nitrogens is 2. The first kappa shape index (κ1) is 15.5. The van der Waals surface area contributed by atoms with Gasteiger partial charge in [0.15, 0.2) is 0 Å². The van der Waals surface area contributed by atoms with Gasteiger partial charge >= 0.3 is 0 Å². The van der Waals surface area contributed by atoms with E-state index >= 15 is 0 Å². The fourth-order valence-electron chi connectivity index (χ4n) is 2.22. The van der Waals surface area contributed by atoms with Crippen LogP contribution in [0.25, 0.3) is 0 Å². The highest BCUT2D eigenvalue weighted by Crippen LogP contribution is 2.23. The quantitative estimate of drug-likeness (QED) is 0.411. The number of aromatic nitrogens is 6. The molecule has 0 aliphatic rings. The summed E-state index contributed by atoms with van der Waals surface area (Å²) in [4.78, 5) is 0. The van der Waals surface area contributed by atoms with E-state index in [4.69, 9.17) is 10.2 Å². The molecule has 2 rings (SSSR count). The molecule has 21 heavy (non-hydrogen) atoms. The van der Waals surface area contributed by atoms with E-state index in [9.17, 15) is 0 Å². The zero-order valence-electron chi connectivity index (χ0n) is 11.7. The maximum Gasteiger partial charge on any atom is 0.0994 e. The van der Waals surface area contributed by atoms with Crippen molar-refractivity contribution in [2.75, 3.05) is 13.2 Å². The van der Waals surface area contributed by atoms with Gasteiger partial charge in [-0.2, -0.15) is 30.8 Å². The van der Waals surface area contributed by atoms with Crippen LogP contribution in [-0.2, 0) is 0 Å². The van der Waals surface area contributed by atoms with Crippen molar-refractivity contribution < 1.29 is 10.2 Å². The van der Waals surface area contributed by atoms with Crippen molar-refractivity contribution in [3.05, 3.63) is 23.8 Å². The van der Waals surface area contributed by atoms with Crippen molar-refractivity contribution in [2.24, 2.45) is 0 Å². The van der Waals surface area contributed by atoms with Crippen LogP contribution in [-0.4, -0.2) is 54.2 Å². The second-order valence-corrected chi connectivity index (χ2v) is 4.79. The summed E-state index contributed by atoms with van der Waals surface area (Å²) in [6.07, 6.45) is 6.13. The average molecular weight is 295 g/mol. The van der Waals surface area contributed by atoms with Gasteiger partial charge in [0, 0.05) is 13.2 Å². The van der Waals surface area contributed by atoms with Crippen molar-refractivity contribution in [1.29, 1.82) is 0 Å². The number of aromatic amines is 2. The predicted octanol–water partition coefficient (Wildman–Crippen LogP) is -0.160. The van der Waals surface area contributed by atoms with Gasteiger partial charge in [-0.3, -0.25) is 0 Å². The minimum Gasteiger partial charge on any atom is -0.396 e. The Hall–Kier alpha value is -1.84. The smallest absolute Gasteiger partial charge is 0.0994 e. The molecule has 0 amide bonds. The van der Waals surface area contributed by atoms with Gasteiger partial charge < -0.3 is 15.5 Å². The molecule has 0 aliphatic heterocycles. The molecule has 0 fully saturated rings. The summed E-state index contributed by atoms with van der Waals surface area (Å²) in [5.41, 5.74) is 1.59. The Labute approximate surface area is 122 Å². The van der Waals surface area contributed by atoms with Crippen molar-refractivity contribution >= 4 is 0 Å². The molecule has 9 nitrogen and oxygen atoms in total. The van der Waals surface area contributed by atoms with Crippen LogP contribution in [0, 0.1) is 0 Å². The van der Waals surface area contributed by atoms with Crippen LogP contribution >= 0.6 is 0 Å². The lowest BCUT2D eigenvalue weighted by Gasteiger charge is -2.23. The molecular formula is C12H21N7O2. The number of aliphatic hydroxyl groups excluding tert-OH is 2. The average Bonchev–Trinajstić information content (AvgIpc) is 3.19. The summed E-state index contributed by atoms with van der Waals surface area (Å²) in [6.45, 7) is 0.253. The molecule has 9 heteroatoms. The van der Waals surface area contributed by atoms with E-state index in [0.717, 1.165) is 24.2 Å². The topological polar surface area (TPSA) is 136 Å². The largest absolute Gasteiger partial charge is 0.396 e. The Kier molecular flexibility index (Phi) is 6.25. The lowest BCUT2D eigenvalue weighted by Crippen LogP contribution is -2.28. The monoisotopic (exact) mass is 295 g/mol. The zero-order valence-corrected chi connectivity index (χ0v) is 11.7. The second-order valence-electron chi connectivity index (χ2n) is 4.79. The van der Waals surface area contributed by atoms with Crippen LogP contribution in [0.2, 0.25) is 0 Å². The van der Waals surface area contributed by atoms with Crippen LogP contribution in [0.5, 0.6) is 0 Å². The summed E-state index contributed by atoms with van der Waals surface area (Å²) in [5, 5.41) is 42.6. The Balaban J connectivity index is 2.07. The first-order chi connectivity index (χ1) is 10.3. The summed E-state index contributed by atoms with van der Waals surface area (Å²) in [7, 11) is 0. The van der Waals surface area contributed by atoms with Crippen LogP contribution in [0.1, 0.15) is 49.2 Å². The molecule has 0 saturated heterocycles. The lowest BCUT2D eigenvalue weighted by atomic mass is 10.0. The van der Waals surface area contributed by atoms with Gasteiger partial charge in [-0.1, -0.05) is 0 Å². The van der Waals surface area contributed by atoms with Crippen molar-refractivity contribution in [3.8, 4) is 0 Å². The van der Waals surface area contributed by atoms with E-state index in [2.05, 4.69) is 36.1 Å². The molecule has 2 unspecified atom stereocenters. The predicted molar refractivity (Wildman–Crippen MR) is 74.0 cm³/mol. The standard InChI is InChI=1S/C12H21N7O2/c20-5-1-3-9(11-7-13-18-16-11)15-10(4-2-6-21)12-8-14-19-17-12/h7-10,15,20-21H,1-6H2,(H,13,16,18)(H,14,17,19). The highest BCUT2D eigenvalue weighted by molar-refractivity contribution is 5.05. The van der Waals surface area contributed by atoms with Gasteiger partial charge in [0.1, 0.15) is 0 Å². The molecule has 2 atom stereocenters. The van der Waals surface area contributed by atoms with Gasteiger partial charge in [-0.25, -0.2) is 0 Å². The van der Waals surface area contributed by atoms with E-state index in [-0.39, 0.29) is 25.3 Å². The molecule has 0 spiro atoms. The van der Waals surface area contributed by atoms with Gasteiger partial charge in [0.2, 0.25) is 0 Å². The van der Waals surface area contributed by atoms with Crippen LogP contribution in [0.15, 0.2) is 12.4 Å². The Morgan fingerprint density at radius 2 is 1.38 bits per heavy atom. The summed E-state index contributed by atoms with van der Waals surface area (Å²) < 4.78 is 0. The van der Waals surface area contributed by atoms with Crippen LogP contribution < -0.4 is 5.32 Å². The van der Waals surface area contributed by atoms with Crippen molar-refractivity contribution in [1.82, 2.24) is 36.1 Å². The van der Waals surface area contributed by atoms with E-state index in [1.807, 2.05) is 0 Å². The van der Waals surface area contributed by atoms with Gasteiger partial charge in [0.25, 0.3) is 0 Å². The number of nitrogens with one attached hydrogen (secondary N) is 3. The summed E-state index contributed by atoms with van der Waals surface area (Å²) in [5.74, 6) is 0. The molecule has 0 aliphatic carbocycles. The number of hydrogen-bond acceptors (Lipinski definition) is 7. The summed E-state index contributed by atoms with van der Waals surface area (Å²) >= 11 is 0. The summed E-state index contributed by atoms with van der Waals surface area (Å²) in [6, 6.07) is -0.0902. The fourth-order valence-corrected chi connectivity index (χ4v) is 2.22. The molecule has 2 aromatic rings. The van der Waals surface area contributed by atoms with Crippen molar-refractivity contribution in [3.63, 3.8) is 0 Å². The fraction of sp³-hybridized carbons (Fsp3) is 0.667. The normalized spacial score (nSPS) is 14.2. The van der Waals surface area contributed by atoms with Gasteiger partial charge in [-0.05, 0) is 25.7 Å². The molecule has 0 radical (unpaired) electrons. The van der Waals surface area contributed by atoms with E-state index in [1.54, 1.807) is 12.4 Å². The second kappa shape index (κ2) is 8.45. The van der Waals surface area contributed by atoms with E-state index in [0.29, 0.717) is 12.8 Å². The van der Waals surface area contributed by atoms with Crippen molar-refractivity contribution in [2.45, 2.75) is 37.8 Å². The Morgan fingerprint density at radius 3 is 1.71 bits per heavy atom. The third-order valence-corrected chi connectivity index (χ3v) is 3.29. The first-order valence-corrected chi connectivity index (χ1v) is 7.04. The SMILES string of the molecule is OCCCC(NC(CCCO)c1cn[nH]n1)c1cn[nH]n1. The molecule has 2 heterocycles.